The third kappa shape index (κ3) is 7.71. The van der Waals surface area contributed by atoms with Crippen LogP contribution in [-0.4, -0.2) is 19.2 Å². The molecule has 19 heavy (non-hydrogen) atoms. The second-order valence-electron chi connectivity index (χ2n) is 5.47. The summed E-state index contributed by atoms with van der Waals surface area (Å²) in [5.41, 5.74) is 1.20. The van der Waals surface area contributed by atoms with E-state index < -0.39 is 0 Å². The molecule has 0 aliphatic carbocycles. The van der Waals surface area contributed by atoms with Gasteiger partial charge in [0.1, 0.15) is 0 Å². The molecule has 0 amide bonds. The zero-order valence-corrected chi connectivity index (χ0v) is 13.9. The first-order valence-corrected chi connectivity index (χ1v) is 7.93. The van der Waals surface area contributed by atoms with E-state index in [2.05, 4.69) is 48.1 Å². The van der Waals surface area contributed by atoms with Gasteiger partial charge in [-0.25, -0.2) is 0 Å². The Morgan fingerprint density at radius 2 is 1.89 bits per heavy atom. The summed E-state index contributed by atoms with van der Waals surface area (Å²) in [6.07, 6.45) is 2.52. The third-order valence-electron chi connectivity index (χ3n) is 3.13. The van der Waals surface area contributed by atoms with Gasteiger partial charge >= 0.3 is 0 Å². The van der Waals surface area contributed by atoms with Crippen LogP contribution in [-0.2, 0) is 11.3 Å². The molecule has 0 heterocycles. The lowest BCUT2D eigenvalue weighted by Crippen LogP contribution is -2.29. The van der Waals surface area contributed by atoms with Crippen LogP contribution in [0.25, 0.3) is 0 Å². The Hall–Kier alpha value is -0.380. The molecule has 1 unspecified atom stereocenters. The summed E-state index contributed by atoms with van der Waals surface area (Å²) in [5.74, 6) is 0.788. The molecule has 0 aliphatic heterocycles. The van der Waals surface area contributed by atoms with Gasteiger partial charge in [0.15, 0.2) is 0 Å². The fourth-order valence-electron chi connectivity index (χ4n) is 1.86. The molecule has 0 saturated carbocycles. The van der Waals surface area contributed by atoms with E-state index in [9.17, 15) is 0 Å². The van der Waals surface area contributed by atoms with Gasteiger partial charge in [0.25, 0.3) is 0 Å². The highest BCUT2D eigenvalue weighted by atomic mass is 79.9. The maximum Gasteiger partial charge on any atom is 0.0728 e. The average Bonchev–Trinajstić information content (AvgIpc) is 2.38. The molecule has 0 aliphatic rings. The van der Waals surface area contributed by atoms with Crippen LogP contribution in [0.15, 0.2) is 28.7 Å². The molecule has 3 heteroatoms. The summed E-state index contributed by atoms with van der Waals surface area (Å²) in [6.45, 7) is 9.14. The van der Waals surface area contributed by atoms with Crippen molar-refractivity contribution < 1.29 is 4.74 Å². The average molecular weight is 328 g/mol. The van der Waals surface area contributed by atoms with Crippen molar-refractivity contribution in [2.24, 2.45) is 5.92 Å². The normalized spacial score (nSPS) is 12.9. The lowest BCUT2D eigenvalue weighted by molar-refractivity contribution is 0.120. The molecule has 1 N–H and O–H groups in total. The van der Waals surface area contributed by atoms with Gasteiger partial charge in [-0.15, -0.1) is 0 Å². The van der Waals surface area contributed by atoms with E-state index in [1.807, 2.05) is 18.2 Å². The van der Waals surface area contributed by atoms with E-state index in [4.69, 9.17) is 4.74 Å². The van der Waals surface area contributed by atoms with Gasteiger partial charge in [0.05, 0.1) is 13.2 Å². The van der Waals surface area contributed by atoms with E-state index in [0.717, 1.165) is 23.5 Å². The maximum atomic E-state index is 5.68. The molecule has 1 rings (SSSR count). The Balaban J connectivity index is 2.07. The second-order valence-corrected chi connectivity index (χ2v) is 6.32. The van der Waals surface area contributed by atoms with Gasteiger partial charge in [-0.2, -0.15) is 0 Å². The van der Waals surface area contributed by atoms with Crippen molar-refractivity contribution in [1.82, 2.24) is 5.32 Å². The maximum absolute atomic E-state index is 5.68. The first kappa shape index (κ1) is 16.7. The Bertz CT molecular complexity index is 354. The van der Waals surface area contributed by atoms with Crippen LogP contribution in [0.3, 0.4) is 0 Å². The van der Waals surface area contributed by atoms with Crippen LogP contribution in [0.5, 0.6) is 0 Å². The minimum Gasteiger partial charge on any atom is -0.375 e. The number of hydrogen-bond acceptors (Lipinski definition) is 2. The highest BCUT2D eigenvalue weighted by molar-refractivity contribution is 9.10. The fraction of sp³-hybridized carbons (Fsp3) is 0.625. The zero-order chi connectivity index (χ0) is 14.1. The molecule has 0 bridgehead atoms. The smallest absolute Gasteiger partial charge is 0.0728 e. The van der Waals surface area contributed by atoms with E-state index in [0.29, 0.717) is 12.6 Å². The second kappa shape index (κ2) is 9.51. The monoisotopic (exact) mass is 327 g/mol. The van der Waals surface area contributed by atoms with Gasteiger partial charge in [0.2, 0.25) is 0 Å². The molecule has 2 nitrogen and oxygen atoms in total. The Morgan fingerprint density at radius 3 is 2.58 bits per heavy atom. The van der Waals surface area contributed by atoms with Gasteiger partial charge < -0.3 is 10.1 Å². The summed E-state index contributed by atoms with van der Waals surface area (Å²) in [7, 11) is 0. The topological polar surface area (TPSA) is 21.3 Å². The van der Waals surface area contributed by atoms with Crippen molar-refractivity contribution in [3.05, 3.63) is 34.3 Å². The van der Waals surface area contributed by atoms with Crippen LogP contribution in [0.2, 0.25) is 0 Å². The Kier molecular flexibility index (Phi) is 8.35. The van der Waals surface area contributed by atoms with Crippen LogP contribution in [0, 0.1) is 5.92 Å². The SMILES string of the molecule is CC(C)CCC(C)NCCOCc1ccccc1Br. The minimum absolute atomic E-state index is 0.578. The van der Waals surface area contributed by atoms with Crippen LogP contribution in [0.4, 0.5) is 0 Å². The molecule has 1 atom stereocenters. The molecule has 0 saturated heterocycles. The van der Waals surface area contributed by atoms with Crippen LogP contribution in [0.1, 0.15) is 39.2 Å². The summed E-state index contributed by atoms with van der Waals surface area (Å²) in [4.78, 5) is 0. The lowest BCUT2D eigenvalue weighted by Gasteiger charge is -2.15. The molecule has 0 fully saturated rings. The molecule has 1 aromatic rings. The molecule has 0 spiro atoms. The quantitative estimate of drug-likeness (QED) is 0.679. The van der Waals surface area contributed by atoms with Crippen molar-refractivity contribution in [2.75, 3.05) is 13.2 Å². The molecule has 108 valence electrons. The predicted molar refractivity (Wildman–Crippen MR) is 85.3 cm³/mol. The Morgan fingerprint density at radius 1 is 1.16 bits per heavy atom. The summed E-state index contributed by atoms with van der Waals surface area (Å²) >= 11 is 3.53. The van der Waals surface area contributed by atoms with Gasteiger partial charge in [-0.3, -0.25) is 0 Å². The Labute approximate surface area is 126 Å². The highest BCUT2D eigenvalue weighted by Crippen LogP contribution is 2.16. The largest absolute Gasteiger partial charge is 0.375 e. The number of hydrogen-bond donors (Lipinski definition) is 1. The van der Waals surface area contributed by atoms with E-state index in [-0.39, 0.29) is 0 Å². The summed E-state index contributed by atoms with van der Waals surface area (Å²) in [6, 6.07) is 8.77. The number of benzene rings is 1. The molecular formula is C16H26BrNO. The van der Waals surface area contributed by atoms with Crippen molar-refractivity contribution in [3.63, 3.8) is 0 Å². The molecule has 0 aromatic heterocycles. The first-order valence-electron chi connectivity index (χ1n) is 7.14. The minimum atomic E-state index is 0.578. The van der Waals surface area contributed by atoms with Crippen LogP contribution < -0.4 is 5.32 Å². The fourth-order valence-corrected chi connectivity index (χ4v) is 2.26. The zero-order valence-electron chi connectivity index (χ0n) is 12.3. The lowest BCUT2D eigenvalue weighted by atomic mass is 10.0. The predicted octanol–water partition coefficient (Wildman–Crippen LogP) is 4.38. The van der Waals surface area contributed by atoms with Gasteiger partial charge in [0, 0.05) is 17.1 Å². The summed E-state index contributed by atoms with van der Waals surface area (Å²) < 4.78 is 6.80. The number of ether oxygens (including phenoxy) is 1. The van der Waals surface area contributed by atoms with Crippen molar-refractivity contribution in [2.45, 2.75) is 46.3 Å². The van der Waals surface area contributed by atoms with E-state index in [1.165, 1.54) is 18.4 Å². The number of rotatable bonds is 9. The van der Waals surface area contributed by atoms with Gasteiger partial charge in [-0.05, 0) is 37.3 Å². The van der Waals surface area contributed by atoms with E-state index >= 15 is 0 Å². The first-order chi connectivity index (χ1) is 9.09. The molecule has 1 aromatic carbocycles. The van der Waals surface area contributed by atoms with Crippen molar-refractivity contribution in [3.8, 4) is 0 Å². The van der Waals surface area contributed by atoms with Crippen molar-refractivity contribution >= 4 is 15.9 Å². The molecular weight excluding hydrogens is 302 g/mol. The molecule has 0 radical (unpaired) electrons. The third-order valence-corrected chi connectivity index (χ3v) is 3.91. The standard InChI is InChI=1S/C16H26BrNO/c1-13(2)8-9-14(3)18-10-11-19-12-15-6-4-5-7-16(15)17/h4-7,13-14,18H,8-12H2,1-3H3. The van der Waals surface area contributed by atoms with Crippen LogP contribution >= 0.6 is 15.9 Å². The number of nitrogens with one attached hydrogen (secondary N) is 1. The van der Waals surface area contributed by atoms with Gasteiger partial charge in [-0.1, -0.05) is 48.0 Å². The summed E-state index contributed by atoms with van der Waals surface area (Å²) in [5, 5.41) is 3.50. The van der Waals surface area contributed by atoms with Crippen molar-refractivity contribution in [1.29, 1.82) is 0 Å². The number of halogens is 1. The van der Waals surface area contributed by atoms with E-state index in [1.54, 1.807) is 0 Å². The highest BCUT2D eigenvalue weighted by Gasteiger charge is 2.03.